The quantitative estimate of drug-likeness (QED) is 0.803. The molecule has 0 bridgehead atoms. The summed E-state index contributed by atoms with van der Waals surface area (Å²) in [5.74, 6) is 1.09. The standard InChI is InChI=1S/C18H20N2O4/c1-22-15-5-3-13(4-6-15)11-20-7-8-24-17-9-14(18(21)23-2)10-19-16(17)12-20/h3-6,9-10H,7-8,11-12H2,1-2H3. The number of hydrogen-bond donors (Lipinski definition) is 0. The fourth-order valence-corrected chi connectivity index (χ4v) is 2.65. The van der Waals surface area contributed by atoms with Crippen LogP contribution in [0.15, 0.2) is 36.5 Å². The van der Waals surface area contributed by atoms with Crippen LogP contribution in [0.1, 0.15) is 21.6 Å². The molecule has 0 radical (unpaired) electrons. The molecule has 6 heteroatoms. The van der Waals surface area contributed by atoms with Gasteiger partial charge in [-0.2, -0.15) is 0 Å². The Kier molecular flexibility index (Phi) is 4.96. The van der Waals surface area contributed by atoms with Crippen LogP contribution in [0, 0.1) is 0 Å². The van der Waals surface area contributed by atoms with E-state index in [1.54, 1.807) is 13.2 Å². The summed E-state index contributed by atoms with van der Waals surface area (Å²) < 4.78 is 15.7. The summed E-state index contributed by atoms with van der Waals surface area (Å²) >= 11 is 0. The number of fused-ring (bicyclic) bond motifs is 1. The molecule has 0 atom stereocenters. The first-order chi connectivity index (χ1) is 11.7. The van der Waals surface area contributed by atoms with Crippen LogP contribution in [-0.4, -0.2) is 43.2 Å². The van der Waals surface area contributed by atoms with Gasteiger partial charge < -0.3 is 14.2 Å². The molecule has 3 rings (SSSR count). The van der Waals surface area contributed by atoms with Crippen LogP contribution in [0.3, 0.4) is 0 Å². The monoisotopic (exact) mass is 328 g/mol. The number of aromatic nitrogens is 1. The van der Waals surface area contributed by atoms with Crippen LogP contribution in [0.5, 0.6) is 11.5 Å². The van der Waals surface area contributed by atoms with E-state index in [9.17, 15) is 4.79 Å². The molecule has 6 nitrogen and oxygen atoms in total. The highest BCUT2D eigenvalue weighted by Crippen LogP contribution is 2.24. The Balaban J connectivity index is 1.73. The molecule has 0 N–H and O–H groups in total. The lowest BCUT2D eigenvalue weighted by Crippen LogP contribution is -2.25. The summed E-state index contributed by atoms with van der Waals surface area (Å²) in [6, 6.07) is 9.72. The van der Waals surface area contributed by atoms with Gasteiger partial charge in [0.15, 0.2) is 0 Å². The summed E-state index contributed by atoms with van der Waals surface area (Å²) in [4.78, 5) is 18.2. The lowest BCUT2D eigenvalue weighted by Gasteiger charge is -2.19. The zero-order valence-electron chi connectivity index (χ0n) is 13.8. The van der Waals surface area contributed by atoms with Crippen LogP contribution < -0.4 is 9.47 Å². The molecule has 0 unspecified atom stereocenters. The van der Waals surface area contributed by atoms with Gasteiger partial charge in [-0.3, -0.25) is 9.88 Å². The second-order valence-corrected chi connectivity index (χ2v) is 5.57. The van der Waals surface area contributed by atoms with Gasteiger partial charge >= 0.3 is 5.97 Å². The maximum Gasteiger partial charge on any atom is 0.339 e. The van der Waals surface area contributed by atoms with E-state index in [2.05, 4.69) is 22.0 Å². The molecule has 0 saturated carbocycles. The number of methoxy groups -OCH3 is 2. The highest BCUT2D eigenvalue weighted by atomic mass is 16.5. The highest BCUT2D eigenvalue weighted by Gasteiger charge is 2.19. The average molecular weight is 328 g/mol. The van der Waals surface area contributed by atoms with Crippen molar-refractivity contribution in [2.75, 3.05) is 27.4 Å². The number of hydrogen-bond acceptors (Lipinski definition) is 6. The number of benzene rings is 1. The summed E-state index contributed by atoms with van der Waals surface area (Å²) in [6.07, 6.45) is 1.53. The summed E-state index contributed by atoms with van der Waals surface area (Å²) in [6.45, 7) is 2.81. The van der Waals surface area contributed by atoms with Crippen molar-refractivity contribution in [3.05, 3.63) is 53.3 Å². The van der Waals surface area contributed by atoms with Crippen LogP contribution in [-0.2, 0) is 17.8 Å². The normalized spacial score (nSPS) is 14.2. The molecule has 2 heterocycles. The third kappa shape index (κ3) is 3.65. The number of esters is 1. The molecule has 0 amide bonds. The van der Waals surface area contributed by atoms with E-state index in [1.807, 2.05) is 12.1 Å². The summed E-state index contributed by atoms with van der Waals surface area (Å²) in [7, 11) is 3.01. The molecule has 1 aromatic carbocycles. The Morgan fingerprint density at radius 2 is 2.08 bits per heavy atom. The average Bonchev–Trinajstić information content (AvgIpc) is 2.82. The number of rotatable bonds is 4. The zero-order valence-corrected chi connectivity index (χ0v) is 13.8. The van der Waals surface area contributed by atoms with Crippen LogP contribution in [0.2, 0.25) is 0 Å². The molecular weight excluding hydrogens is 308 g/mol. The minimum absolute atomic E-state index is 0.403. The van der Waals surface area contributed by atoms with Crippen molar-refractivity contribution < 1.29 is 19.0 Å². The minimum atomic E-state index is -0.409. The second-order valence-electron chi connectivity index (χ2n) is 5.57. The first kappa shape index (κ1) is 16.3. The maximum absolute atomic E-state index is 11.6. The predicted octanol–water partition coefficient (Wildman–Crippen LogP) is 2.27. The van der Waals surface area contributed by atoms with Gasteiger partial charge in [-0.25, -0.2) is 4.79 Å². The Morgan fingerprint density at radius 1 is 1.29 bits per heavy atom. The Morgan fingerprint density at radius 3 is 2.79 bits per heavy atom. The predicted molar refractivity (Wildman–Crippen MR) is 88.2 cm³/mol. The van der Waals surface area contributed by atoms with Gasteiger partial charge in [0, 0.05) is 25.8 Å². The first-order valence-electron chi connectivity index (χ1n) is 7.75. The molecule has 0 saturated heterocycles. The third-order valence-corrected chi connectivity index (χ3v) is 3.96. The molecule has 24 heavy (non-hydrogen) atoms. The lowest BCUT2D eigenvalue weighted by atomic mass is 10.2. The lowest BCUT2D eigenvalue weighted by molar-refractivity contribution is 0.0599. The highest BCUT2D eigenvalue weighted by molar-refractivity contribution is 5.89. The molecule has 1 aliphatic rings. The molecule has 0 spiro atoms. The zero-order chi connectivity index (χ0) is 16.9. The van der Waals surface area contributed by atoms with Crippen molar-refractivity contribution in [2.45, 2.75) is 13.1 Å². The van der Waals surface area contributed by atoms with E-state index in [4.69, 9.17) is 14.2 Å². The Hall–Kier alpha value is -2.60. The van der Waals surface area contributed by atoms with Gasteiger partial charge in [-0.15, -0.1) is 0 Å². The number of nitrogens with zero attached hydrogens (tertiary/aromatic N) is 2. The van der Waals surface area contributed by atoms with E-state index in [1.165, 1.54) is 18.9 Å². The van der Waals surface area contributed by atoms with E-state index >= 15 is 0 Å². The Labute approximate surface area is 141 Å². The number of carbonyl (C=O) groups is 1. The number of pyridine rings is 1. The van der Waals surface area contributed by atoms with Crippen molar-refractivity contribution >= 4 is 5.97 Å². The van der Waals surface area contributed by atoms with Gasteiger partial charge in [-0.1, -0.05) is 12.1 Å². The molecule has 126 valence electrons. The van der Waals surface area contributed by atoms with Crippen LogP contribution in [0.4, 0.5) is 0 Å². The maximum atomic E-state index is 11.6. The van der Waals surface area contributed by atoms with Crippen LogP contribution in [0.25, 0.3) is 0 Å². The van der Waals surface area contributed by atoms with Crippen LogP contribution >= 0.6 is 0 Å². The van der Waals surface area contributed by atoms with Crippen molar-refractivity contribution in [2.24, 2.45) is 0 Å². The number of carbonyl (C=O) groups excluding carboxylic acids is 1. The third-order valence-electron chi connectivity index (χ3n) is 3.96. The Bertz CT molecular complexity index is 715. The molecule has 1 aromatic heterocycles. The van der Waals surface area contributed by atoms with E-state index in [0.717, 1.165) is 24.5 Å². The van der Waals surface area contributed by atoms with E-state index in [0.29, 0.717) is 24.5 Å². The van der Waals surface area contributed by atoms with Crippen molar-refractivity contribution in [1.29, 1.82) is 0 Å². The van der Waals surface area contributed by atoms with Crippen molar-refractivity contribution in [1.82, 2.24) is 9.88 Å². The molecule has 2 aromatic rings. The van der Waals surface area contributed by atoms with Gasteiger partial charge in [0.05, 0.1) is 25.5 Å². The number of ether oxygens (including phenoxy) is 3. The van der Waals surface area contributed by atoms with Crippen molar-refractivity contribution in [3.63, 3.8) is 0 Å². The van der Waals surface area contributed by atoms with Gasteiger partial charge in [-0.05, 0) is 23.8 Å². The van der Waals surface area contributed by atoms with Gasteiger partial charge in [0.2, 0.25) is 0 Å². The van der Waals surface area contributed by atoms with E-state index in [-0.39, 0.29) is 0 Å². The van der Waals surface area contributed by atoms with Gasteiger partial charge in [0.1, 0.15) is 18.1 Å². The topological polar surface area (TPSA) is 60.9 Å². The smallest absolute Gasteiger partial charge is 0.339 e. The molecule has 0 fully saturated rings. The minimum Gasteiger partial charge on any atom is -0.497 e. The molecule has 0 aliphatic carbocycles. The fourth-order valence-electron chi connectivity index (χ4n) is 2.65. The largest absolute Gasteiger partial charge is 0.497 e. The SMILES string of the molecule is COC(=O)c1cnc2c(c1)OCCN(Cc1ccc(OC)cc1)C2. The van der Waals surface area contributed by atoms with Gasteiger partial charge in [0.25, 0.3) is 0 Å². The molecule has 1 aliphatic heterocycles. The molecular formula is C18H20N2O4. The summed E-state index contributed by atoms with van der Waals surface area (Å²) in [5, 5.41) is 0. The summed E-state index contributed by atoms with van der Waals surface area (Å²) in [5.41, 5.74) is 2.43. The second kappa shape index (κ2) is 7.31. The fraction of sp³-hybridized carbons (Fsp3) is 0.333. The van der Waals surface area contributed by atoms with E-state index < -0.39 is 5.97 Å². The first-order valence-corrected chi connectivity index (χ1v) is 7.75. The van der Waals surface area contributed by atoms with Crippen molar-refractivity contribution in [3.8, 4) is 11.5 Å².